The van der Waals surface area contributed by atoms with Crippen LogP contribution in [0.25, 0.3) is 0 Å². The number of benzene rings is 1. The van der Waals surface area contributed by atoms with E-state index >= 15 is 0 Å². The van der Waals surface area contributed by atoms with Gasteiger partial charge in [0.25, 0.3) is 0 Å². The first-order valence-electron chi connectivity index (χ1n) is 6.42. The van der Waals surface area contributed by atoms with Crippen molar-refractivity contribution in [1.29, 1.82) is 0 Å². The van der Waals surface area contributed by atoms with E-state index < -0.39 is 6.10 Å². The minimum atomic E-state index is -0.726. The molecule has 0 aromatic heterocycles. The van der Waals surface area contributed by atoms with Gasteiger partial charge in [0.05, 0.1) is 19.4 Å². The van der Waals surface area contributed by atoms with Crippen LogP contribution in [0.1, 0.15) is 24.5 Å². The topological polar surface area (TPSA) is 65.0 Å². The van der Waals surface area contributed by atoms with Gasteiger partial charge in [0.1, 0.15) is 16.7 Å². The molecule has 5 nitrogen and oxygen atoms in total. The Labute approximate surface area is 123 Å². The van der Waals surface area contributed by atoms with Gasteiger partial charge in [0.2, 0.25) is 0 Å². The van der Waals surface area contributed by atoms with Crippen LogP contribution in [-0.4, -0.2) is 35.4 Å². The molecule has 20 heavy (non-hydrogen) atoms. The first-order chi connectivity index (χ1) is 9.52. The number of ether oxygens (including phenoxy) is 1. The molecular weight excluding hydrogens is 280 g/mol. The van der Waals surface area contributed by atoms with E-state index in [0.717, 1.165) is 0 Å². The summed E-state index contributed by atoms with van der Waals surface area (Å²) in [4.78, 5) is 1.90. The van der Waals surface area contributed by atoms with Gasteiger partial charge in [-0.1, -0.05) is 11.6 Å². The molecule has 1 aromatic carbocycles. The minimum absolute atomic E-state index is 0.0424. The number of nitrogens with one attached hydrogen (secondary N) is 1. The maximum Gasteiger partial charge on any atom is 0.125 e. The highest BCUT2D eigenvalue weighted by molar-refractivity contribution is 6.29. The van der Waals surface area contributed by atoms with E-state index in [1.807, 2.05) is 11.9 Å². The van der Waals surface area contributed by atoms with Crippen molar-refractivity contribution in [1.82, 2.24) is 10.2 Å². The Morgan fingerprint density at radius 3 is 2.80 bits per heavy atom. The number of nitrogens with zero attached hydrogens (tertiary/aromatic N) is 1. The second-order valence-electron chi connectivity index (χ2n) is 4.78. The zero-order valence-electron chi connectivity index (χ0n) is 11.5. The first-order valence-corrected chi connectivity index (χ1v) is 6.80. The van der Waals surface area contributed by atoms with E-state index in [4.69, 9.17) is 16.3 Å². The summed E-state index contributed by atoms with van der Waals surface area (Å²) in [7, 11) is 3.42. The highest BCUT2D eigenvalue weighted by atomic mass is 35.5. The lowest BCUT2D eigenvalue weighted by Crippen LogP contribution is -2.33. The van der Waals surface area contributed by atoms with Crippen molar-refractivity contribution in [2.75, 3.05) is 14.2 Å². The number of aliphatic hydroxyl groups excluding tert-OH is 1. The predicted molar refractivity (Wildman–Crippen MR) is 77.5 cm³/mol. The molecule has 0 amide bonds. The van der Waals surface area contributed by atoms with Crippen molar-refractivity contribution in [3.63, 3.8) is 0 Å². The third-order valence-corrected chi connectivity index (χ3v) is 3.89. The number of rotatable bonds is 5. The fourth-order valence-electron chi connectivity index (χ4n) is 2.21. The van der Waals surface area contributed by atoms with E-state index in [9.17, 15) is 10.2 Å². The Kier molecular flexibility index (Phi) is 4.62. The summed E-state index contributed by atoms with van der Waals surface area (Å²) in [6.45, 7) is 0. The molecule has 0 saturated heterocycles. The highest BCUT2D eigenvalue weighted by Gasteiger charge is 2.22. The SMILES string of the molecule is COc1ccc(C(O)CCC2NC=C(Cl)N2C)c(O)c1. The molecule has 0 fully saturated rings. The van der Waals surface area contributed by atoms with E-state index in [1.165, 1.54) is 13.2 Å². The van der Waals surface area contributed by atoms with Gasteiger partial charge < -0.3 is 25.2 Å². The number of aromatic hydroxyl groups is 1. The molecule has 0 radical (unpaired) electrons. The van der Waals surface area contributed by atoms with Gasteiger partial charge in [-0.3, -0.25) is 0 Å². The molecular formula is C14H19ClN2O3. The lowest BCUT2D eigenvalue weighted by atomic mass is 10.0. The molecule has 6 heteroatoms. The van der Waals surface area contributed by atoms with Crippen LogP contribution in [0.2, 0.25) is 0 Å². The zero-order valence-corrected chi connectivity index (χ0v) is 12.3. The summed E-state index contributed by atoms with van der Waals surface area (Å²) in [6.07, 6.45) is 2.30. The molecule has 110 valence electrons. The fraction of sp³-hybridized carbons (Fsp3) is 0.429. The molecule has 2 rings (SSSR count). The van der Waals surface area contributed by atoms with E-state index in [1.54, 1.807) is 18.3 Å². The van der Waals surface area contributed by atoms with Crippen LogP contribution in [0.15, 0.2) is 29.6 Å². The second-order valence-corrected chi connectivity index (χ2v) is 5.17. The van der Waals surface area contributed by atoms with Crippen LogP contribution in [0.4, 0.5) is 0 Å². The number of phenols is 1. The monoisotopic (exact) mass is 298 g/mol. The molecule has 1 heterocycles. The zero-order chi connectivity index (χ0) is 14.7. The Balaban J connectivity index is 1.94. The third-order valence-electron chi connectivity index (χ3n) is 3.51. The van der Waals surface area contributed by atoms with Gasteiger partial charge >= 0.3 is 0 Å². The van der Waals surface area contributed by atoms with Gasteiger partial charge in [0.15, 0.2) is 0 Å². The lowest BCUT2D eigenvalue weighted by Gasteiger charge is -2.23. The number of hydrogen-bond donors (Lipinski definition) is 3. The van der Waals surface area contributed by atoms with Crippen molar-refractivity contribution in [2.45, 2.75) is 25.1 Å². The molecule has 1 aliphatic rings. The maximum atomic E-state index is 10.2. The quantitative estimate of drug-likeness (QED) is 0.727. The van der Waals surface area contributed by atoms with E-state index in [0.29, 0.717) is 29.3 Å². The Morgan fingerprint density at radius 2 is 2.25 bits per heavy atom. The summed E-state index contributed by atoms with van der Waals surface area (Å²) < 4.78 is 5.02. The van der Waals surface area contributed by atoms with Gasteiger partial charge in [-0.05, 0) is 25.0 Å². The summed E-state index contributed by atoms with van der Waals surface area (Å²) in [5, 5.41) is 23.8. The molecule has 0 saturated carbocycles. The summed E-state index contributed by atoms with van der Waals surface area (Å²) >= 11 is 5.96. The Morgan fingerprint density at radius 1 is 1.50 bits per heavy atom. The van der Waals surface area contributed by atoms with Gasteiger partial charge in [-0.25, -0.2) is 0 Å². The Bertz CT molecular complexity index is 507. The smallest absolute Gasteiger partial charge is 0.125 e. The van der Waals surface area contributed by atoms with Gasteiger partial charge in [-0.2, -0.15) is 0 Å². The van der Waals surface area contributed by atoms with Crippen LogP contribution in [0, 0.1) is 0 Å². The van der Waals surface area contributed by atoms with Crippen LogP contribution >= 0.6 is 11.6 Å². The number of halogens is 1. The molecule has 2 atom stereocenters. The maximum absolute atomic E-state index is 10.2. The number of phenolic OH excluding ortho intramolecular Hbond substituents is 1. The third kappa shape index (κ3) is 3.11. The van der Waals surface area contributed by atoms with Gasteiger partial charge in [0, 0.05) is 24.9 Å². The number of hydrogen-bond acceptors (Lipinski definition) is 5. The number of methoxy groups -OCH3 is 1. The first kappa shape index (κ1) is 14.8. The van der Waals surface area contributed by atoms with Crippen molar-refractivity contribution in [2.24, 2.45) is 0 Å². The molecule has 0 spiro atoms. The lowest BCUT2D eigenvalue weighted by molar-refractivity contribution is 0.146. The predicted octanol–water partition coefficient (Wildman–Crippen LogP) is 2.11. The summed E-state index contributed by atoms with van der Waals surface area (Å²) in [6, 6.07) is 4.89. The normalized spacial score (nSPS) is 19.5. The van der Waals surface area contributed by atoms with Crippen LogP contribution in [-0.2, 0) is 0 Å². The summed E-state index contributed by atoms with van der Waals surface area (Å²) in [5.74, 6) is 0.604. The molecule has 3 N–H and O–H groups in total. The second kappa shape index (κ2) is 6.24. The molecule has 0 bridgehead atoms. The van der Waals surface area contributed by atoms with Gasteiger partial charge in [-0.15, -0.1) is 0 Å². The van der Waals surface area contributed by atoms with Crippen molar-refractivity contribution in [3.8, 4) is 11.5 Å². The summed E-state index contributed by atoms with van der Waals surface area (Å²) in [5.41, 5.74) is 0.505. The van der Waals surface area contributed by atoms with Crippen molar-refractivity contribution >= 4 is 11.6 Å². The standard InChI is InChI=1S/C14H19ClN2O3/c1-17-13(15)8-16-14(17)6-5-11(18)10-4-3-9(20-2)7-12(10)19/h3-4,7-8,11,14,16,18-19H,5-6H2,1-2H3. The fourth-order valence-corrected chi connectivity index (χ4v) is 2.39. The average molecular weight is 299 g/mol. The minimum Gasteiger partial charge on any atom is -0.507 e. The average Bonchev–Trinajstić information content (AvgIpc) is 2.76. The van der Waals surface area contributed by atoms with Crippen LogP contribution < -0.4 is 10.1 Å². The number of aliphatic hydroxyl groups is 1. The molecule has 1 aliphatic heterocycles. The van der Waals surface area contributed by atoms with Crippen molar-refractivity contribution < 1.29 is 14.9 Å². The highest BCUT2D eigenvalue weighted by Crippen LogP contribution is 2.31. The largest absolute Gasteiger partial charge is 0.507 e. The van der Waals surface area contributed by atoms with Crippen LogP contribution in [0.5, 0.6) is 11.5 Å². The molecule has 2 unspecified atom stereocenters. The van der Waals surface area contributed by atoms with Crippen molar-refractivity contribution in [3.05, 3.63) is 35.1 Å². The van der Waals surface area contributed by atoms with Crippen LogP contribution in [0.3, 0.4) is 0 Å². The molecule has 0 aliphatic carbocycles. The van der Waals surface area contributed by atoms with E-state index in [2.05, 4.69) is 5.32 Å². The molecule has 1 aromatic rings. The Hall–Kier alpha value is -1.59. The van der Waals surface area contributed by atoms with E-state index in [-0.39, 0.29) is 11.9 Å².